The summed E-state index contributed by atoms with van der Waals surface area (Å²) >= 11 is 3.52. The van der Waals surface area contributed by atoms with Gasteiger partial charge in [0.2, 0.25) is 0 Å². The van der Waals surface area contributed by atoms with Gasteiger partial charge in [-0.25, -0.2) is 4.79 Å². The van der Waals surface area contributed by atoms with E-state index in [4.69, 9.17) is 0 Å². The van der Waals surface area contributed by atoms with Crippen LogP contribution in [-0.2, 0) is 0 Å². The first-order chi connectivity index (χ1) is 10.3. The van der Waals surface area contributed by atoms with Crippen molar-refractivity contribution in [2.24, 2.45) is 0 Å². The molecule has 0 spiro atoms. The number of rotatable bonds is 3. The van der Waals surface area contributed by atoms with E-state index in [1.807, 2.05) is 4.90 Å². The number of ether oxygens (including phenoxy) is 1. The van der Waals surface area contributed by atoms with Gasteiger partial charge in [0.15, 0.2) is 6.61 Å². The highest BCUT2D eigenvalue weighted by Crippen LogP contribution is 2.33. The van der Waals surface area contributed by atoms with Crippen LogP contribution < -0.4 is 9.64 Å². The topological polar surface area (TPSA) is 32.8 Å². The number of benzene rings is 1. The lowest BCUT2D eigenvalue weighted by molar-refractivity contribution is -0.153. The second-order valence-corrected chi connectivity index (χ2v) is 6.73. The monoisotopic (exact) mass is 378 g/mol. The van der Waals surface area contributed by atoms with E-state index in [1.54, 1.807) is 17.0 Å². The number of carbonyl (C=O) groups is 1. The number of hydrogen-bond acceptors (Lipinski definition) is 2. The quantitative estimate of drug-likeness (QED) is 0.755. The molecule has 2 unspecified atom stereocenters. The van der Waals surface area contributed by atoms with Gasteiger partial charge in [-0.3, -0.25) is 4.90 Å². The fourth-order valence-electron chi connectivity index (χ4n) is 2.81. The molecule has 2 aliphatic rings. The molecule has 0 radical (unpaired) electrons. The van der Waals surface area contributed by atoms with E-state index in [0.717, 1.165) is 6.42 Å². The van der Waals surface area contributed by atoms with Gasteiger partial charge in [-0.15, -0.1) is 0 Å². The Balaban J connectivity index is 1.65. The smallest absolute Gasteiger partial charge is 0.422 e. The predicted molar refractivity (Wildman–Crippen MR) is 78.6 cm³/mol. The molecule has 2 saturated heterocycles. The molecule has 2 atom stereocenters. The zero-order valence-corrected chi connectivity index (χ0v) is 13.1. The van der Waals surface area contributed by atoms with Crippen LogP contribution >= 0.6 is 15.9 Å². The lowest BCUT2D eigenvalue weighted by atomic mass is 10.2. The van der Waals surface area contributed by atoms with Crippen LogP contribution in [0.2, 0.25) is 0 Å². The minimum absolute atomic E-state index is 0.0593. The Morgan fingerprint density at radius 1 is 1.23 bits per heavy atom. The molecule has 4 nitrogen and oxygen atoms in total. The number of nitrogens with zero attached hydrogens (tertiary/aromatic N) is 2. The average molecular weight is 379 g/mol. The third-order valence-electron chi connectivity index (χ3n) is 3.78. The zero-order valence-electron chi connectivity index (χ0n) is 11.5. The summed E-state index contributed by atoms with van der Waals surface area (Å²) in [6, 6.07) is 6.25. The molecule has 1 aromatic rings. The normalized spacial score (nSPS) is 24.8. The van der Waals surface area contributed by atoms with Crippen molar-refractivity contribution in [1.29, 1.82) is 0 Å². The van der Waals surface area contributed by atoms with E-state index >= 15 is 0 Å². The fourth-order valence-corrected chi connectivity index (χ4v) is 3.56. The Hall–Kier alpha value is -1.44. The molecule has 22 heavy (non-hydrogen) atoms. The van der Waals surface area contributed by atoms with Gasteiger partial charge in [0.1, 0.15) is 5.75 Å². The number of alkyl halides is 4. The number of halogens is 4. The predicted octanol–water partition coefficient (Wildman–Crippen LogP) is 3.41. The molecule has 2 heterocycles. The number of urea groups is 1. The number of anilines is 1. The molecule has 8 heteroatoms. The minimum atomic E-state index is -4.36. The van der Waals surface area contributed by atoms with Gasteiger partial charge in [0.25, 0.3) is 0 Å². The van der Waals surface area contributed by atoms with Gasteiger partial charge >= 0.3 is 12.2 Å². The highest BCUT2D eigenvalue weighted by atomic mass is 79.9. The van der Waals surface area contributed by atoms with Crippen molar-refractivity contribution < 1.29 is 22.7 Å². The maximum Gasteiger partial charge on any atom is 0.422 e. The van der Waals surface area contributed by atoms with Gasteiger partial charge in [-0.05, 0) is 30.7 Å². The van der Waals surface area contributed by atoms with Crippen LogP contribution in [0.15, 0.2) is 24.3 Å². The molecule has 2 aliphatic heterocycles. The van der Waals surface area contributed by atoms with Crippen LogP contribution in [0.1, 0.15) is 6.42 Å². The molecule has 0 aliphatic carbocycles. The number of amides is 2. The fraction of sp³-hybridized carbons (Fsp3) is 0.500. The Labute approximate surface area is 133 Å². The van der Waals surface area contributed by atoms with Gasteiger partial charge in [-0.2, -0.15) is 13.2 Å². The van der Waals surface area contributed by atoms with Crippen LogP contribution in [-0.4, -0.2) is 47.7 Å². The Morgan fingerprint density at radius 3 is 2.50 bits per heavy atom. The van der Waals surface area contributed by atoms with Crippen LogP contribution in [0, 0.1) is 0 Å². The van der Waals surface area contributed by atoms with Gasteiger partial charge < -0.3 is 9.64 Å². The molecular formula is C14H14BrF3N2O2. The molecule has 0 aromatic heterocycles. The summed E-state index contributed by atoms with van der Waals surface area (Å²) in [6.45, 7) is -0.0338. The van der Waals surface area contributed by atoms with Crippen LogP contribution in [0.25, 0.3) is 0 Å². The van der Waals surface area contributed by atoms with E-state index in [0.29, 0.717) is 23.6 Å². The second kappa shape index (κ2) is 5.64. The molecule has 3 rings (SSSR count). The number of fused-ring (bicyclic) bond motifs is 1. The van der Waals surface area contributed by atoms with Crippen molar-refractivity contribution in [3.05, 3.63) is 24.3 Å². The molecule has 0 saturated carbocycles. The zero-order chi connectivity index (χ0) is 15.9. The van der Waals surface area contributed by atoms with Gasteiger partial charge in [-0.1, -0.05) is 15.9 Å². The van der Waals surface area contributed by atoms with Crippen LogP contribution in [0.4, 0.5) is 23.7 Å². The Kier molecular flexibility index (Phi) is 3.96. The van der Waals surface area contributed by atoms with Crippen LogP contribution in [0.5, 0.6) is 5.75 Å². The van der Waals surface area contributed by atoms with Crippen LogP contribution in [0.3, 0.4) is 0 Å². The summed E-state index contributed by atoms with van der Waals surface area (Å²) in [6.07, 6.45) is -3.45. The van der Waals surface area contributed by atoms with Gasteiger partial charge in [0.05, 0.1) is 6.04 Å². The first kappa shape index (κ1) is 15.5. The van der Waals surface area contributed by atoms with Crippen molar-refractivity contribution in [1.82, 2.24) is 4.90 Å². The maximum absolute atomic E-state index is 12.3. The number of carbonyl (C=O) groups excluding carboxylic acids is 1. The van der Waals surface area contributed by atoms with E-state index in [9.17, 15) is 18.0 Å². The van der Waals surface area contributed by atoms with E-state index in [1.165, 1.54) is 12.1 Å². The molecule has 0 N–H and O–H groups in total. The van der Waals surface area contributed by atoms with Crippen molar-refractivity contribution >= 4 is 27.6 Å². The van der Waals surface area contributed by atoms with E-state index < -0.39 is 12.8 Å². The Morgan fingerprint density at radius 2 is 1.91 bits per heavy atom. The summed E-state index contributed by atoms with van der Waals surface area (Å²) in [5.74, 6) is 0.133. The summed E-state index contributed by atoms with van der Waals surface area (Å²) in [4.78, 5) is 16.1. The average Bonchev–Trinajstić information content (AvgIpc) is 2.95. The molecule has 0 bridgehead atoms. The number of hydrogen-bond donors (Lipinski definition) is 0. The highest BCUT2D eigenvalue weighted by Gasteiger charge is 2.43. The largest absolute Gasteiger partial charge is 0.484 e. The van der Waals surface area contributed by atoms with E-state index in [-0.39, 0.29) is 17.8 Å². The van der Waals surface area contributed by atoms with Crippen molar-refractivity contribution in [2.45, 2.75) is 23.5 Å². The lowest BCUT2D eigenvalue weighted by Gasteiger charge is -2.18. The molecule has 2 amide bonds. The highest BCUT2D eigenvalue weighted by molar-refractivity contribution is 9.09. The second-order valence-electron chi connectivity index (χ2n) is 5.43. The van der Waals surface area contributed by atoms with Crippen molar-refractivity contribution in [3.8, 4) is 5.75 Å². The van der Waals surface area contributed by atoms with Crippen molar-refractivity contribution in [2.75, 3.05) is 24.6 Å². The summed E-state index contributed by atoms with van der Waals surface area (Å²) in [7, 11) is 0. The Bertz CT molecular complexity index is 564. The molecule has 120 valence electrons. The third-order valence-corrected chi connectivity index (χ3v) is 4.45. The molecule has 1 aromatic carbocycles. The first-order valence-electron chi connectivity index (χ1n) is 6.85. The standard InChI is InChI=1S/C14H14BrF3N2O2/c15-9-5-11-7-20(13(21)19(11)6-9)10-1-3-12(4-2-10)22-8-14(16,17)18/h1-4,9,11H,5-8H2. The van der Waals surface area contributed by atoms with Crippen molar-refractivity contribution in [3.63, 3.8) is 0 Å². The summed E-state index contributed by atoms with van der Waals surface area (Å²) in [5, 5.41) is 0. The minimum Gasteiger partial charge on any atom is -0.484 e. The van der Waals surface area contributed by atoms with E-state index in [2.05, 4.69) is 20.7 Å². The lowest BCUT2D eigenvalue weighted by Crippen LogP contribution is -2.32. The first-order valence-corrected chi connectivity index (χ1v) is 7.77. The summed E-state index contributed by atoms with van der Waals surface area (Å²) in [5.41, 5.74) is 0.671. The third kappa shape index (κ3) is 3.16. The molecule has 2 fully saturated rings. The maximum atomic E-state index is 12.3. The summed E-state index contributed by atoms with van der Waals surface area (Å²) < 4.78 is 40.9. The molecular weight excluding hydrogens is 365 g/mol. The SMILES string of the molecule is O=C1N(c2ccc(OCC(F)(F)F)cc2)CC2CC(Br)CN12. The van der Waals surface area contributed by atoms with Gasteiger partial charge in [0, 0.05) is 23.6 Å².